The molecular formula is C18H27ClN2O5S2. The van der Waals surface area contributed by atoms with Crippen molar-refractivity contribution in [3.63, 3.8) is 0 Å². The monoisotopic (exact) mass is 450 g/mol. The van der Waals surface area contributed by atoms with E-state index in [9.17, 15) is 13.2 Å². The van der Waals surface area contributed by atoms with Crippen LogP contribution in [-0.4, -0.2) is 76.1 Å². The van der Waals surface area contributed by atoms with Gasteiger partial charge in [0.15, 0.2) is 0 Å². The van der Waals surface area contributed by atoms with E-state index >= 15 is 0 Å². The average molecular weight is 451 g/mol. The maximum Gasteiger partial charge on any atom is 0.253 e. The number of methoxy groups -OCH3 is 1. The lowest BCUT2D eigenvalue weighted by molar-refractivity contribution is -0.136. The van der Waals surface area contributed by atoms with Crippen molar-refractivity contribution in [2.24, 2.45) is 5.92 Å². The second-order valence-electron chi connectivity index (χ2n) is 7.17. The van der Waals surface area contributed by atoms with Gasteiger partial charge in [-0.1, -0.05) is 11.6 Å². The zero-order valence-electron chi connectivity index (χ0n) is 16.0. The summed E-state index contributed by atoms with van der Waals surface area (Å²) in [6.07, 6.45) is 3.01. The number of nitrogens with zero attached hydrogens (tertiary/aromatic N) is 2. The predicted octanol–water partition coefficient (Wildman–Crippen LogP) is 2.46. The van der Waals surface area contributed by atoms with Crippen LogP contribution in [0.5, 0.6) is 0 Å². The molecule has 1 aromatic heterocycles. The Morgan fingerprint density at radius 3 is 2.61 bits per heavy atom. The Balaban J connectivity index is 1.57. The quantitative estimate of drug-likeness (QED) is 0.568. The van der Waals surface area contributed by atoms with E-state index in [0.717, 1.165) is 24.2 Å². The summed E-state index contributed by atoms with van der Waals surface area (Å²) < 4.78 is 38.4. The van der Waals surface area contributed by atoms with Gasteiger partial charge in [0, 0.05) is 33.4 Å². The molecule has 2 aliphatic rings. The first-order valence-corrected chi connectivity index (χ1v) is 12.2. The van der Waals surface area contributed by atoms with Gasteiger partial charge in [0.25, 0.3) is 10.0 Å². The minimum atomic E-state index is -3.69. The Kier molecular flexibility index (Phi) is 7.74. The van der Waals surface area contributed by atoms with Crippen LogP contribution in [0.25, 0.3) is 0 Å². The average Bonchev–Trinajstić information content (AvgIpc) is 3.35. The van der Waals surface area contributed by atoms with E-state index in [0.29, 0.717) is 62.6 Å². The van der Waals surface area contributed by atoms with Gasteiger partial charge >= 0.3 is 0 Å². The highest BCUT2D eigenvalue weighted by Crippen LogP contribution is 2.33. The molecule has 0 radical (unpaired) electrons. The SMILES string of the molecule is COCCOCC1CCN(C(=O)C2CCCN2S(=O)(=O)c2ccc(Cl)s2)CC1. The number of sulfonamides is 1. The molecule has 0 aromatic carbocycles. The van der Waals surface area contributed by atoms with Gasteiger partial charge in [0.05, 0.1) is 17.6 Å². The van der Waals surface area contributed by atoms with E-state index in [1.165, 1.54) is 10.4 Å². The molecule has 158 valence electrons. The van der Waals surface area contributed by atoms with Crippen LogP contribution in [0.2, 0.25) is 4.34 Å². The van der Waals surface area contributed by atoms with Crippen LogP contribution in [0, 0.1) is 5.92 Å². The largest absolute Gasteiger partial charge is 0.382 e. The third kappa shape index (κ3) is 5.06. The summed E-state index contributed by atoms with van der Waals surface area (Å²) in [6, 6.07) is 2.48. The van der Waals surface area contributed by atoms with Crippen LogP contribution in [0.15, 0.2) is 16.3 Å². The van der Waals surface area contributed by atoms with Gasteiger partial charge in [-0.15, -0.1) is 11.3 Å². The highest BCUT2D eigenvalue weighted by molar-refractivity contribution is 7.91. The van der Waals surface area contributed by atoms with Gasteiger partial charge in [-0.25, -0.2) is 8.42 Å². The van der Waals surface area contributed by atoms with Crippen LogP contribution < -0.4 is 0 Å². The molecule has 28 heavy (non-hydrogen) atoms. The first kappa shape index (κ1) is 22.0. The molecule has 0 spiro atoms. The fourth-order valence-electron chi connectivity index (χ4n) is 3.75. The fourth-order valence-corrected chi connectivity index (χ4v) is 7.01. The molecule has 3 heterocycles. The Labute approximate surface area is 175 Å². The normalized spacial score (nSPS) is 22.1. The molecule has 1 aromatic rings. The van der Waals surface area contributed by atoms with E-state index in [-0.39, 0.29) is 10.1 Å². The number of halogens is 1. The number of thiophene rings is 1. The minimum absolute atomic E-state index is 0.0810. The molecule has 1 atom stereocenters. The fraction of sp³-hybridized carbons (Fsp3) is 0.722. The van der Waals surface area contributed by atoms with E-state index in [1.807, 2.05) is 4.90 Å². The standard InChI is InChI=1S/C18H27ClN2O5S2/c1-25-11-12-26-13-14-6-9-20(10-7-14)18(22)15-3-2-8-21(15)28(23,24)17-5-4-16(19)27-17/h4-5,14-15H,2-3,6-13H2,1H3. The second-order valence-corrected chi connectivity index (χ2v) is 11.0. The second kappa shape index (κ2) is 9.86. The van der Waals surface area contributed by atoms with Crippen LogP contribution >= 0.6 is 22.9 Å². The minimum Gasteiger partial charge on any atom is -0.382 e. The van der Waals surface area contributed by atoms with Crippen molar-refractivity contribution >= 4 is 38.9 Å². The Bertz CT molecular complexity index is 762. The number of likely N-dealkylation sites (tertiary alicyclic amines) is 1. The topological polar surface area (TPSA) is 76.2 Å². The molecule has 7 nitrogen and oxygen atoms in total. The lowest BCUT2D eigenvalue weighted by Gasteiger charge is -2.35. The highest BCUT2D eigenvalue weighted by Gasteiger charge is 2.42. The summed E-state index contributed by atoms with van der Waals surface area (Å²) in [7, 11) is -2.05. The van der Waals surface area contributed by atoms with E-state index in [1.54, 1.807) is 13.2 Å². The zero-order chi connectivity index (χ0) is 20.1. The van der Waals surface area contributed by atoms with Crippen LogP contribution in [-0.2, 0) is 24.3 Å². The summed E-state index contributed by atoms with van der Waals surface area (Å²) in [4.78, 5) is 14.9. The molecule has 0 aliphatic carbocycles. The molecule has 2 fully saturated rings. The number of hydrogen-bond acceptors (Lipinski definition) is 6. The summed E-state index contributed by atoms with van der Waals surface area (Å²) >= 11 is 6.93. The summed E-state index contributed by atoms with van der Waals surface area (Å²) in [5.41, 5.74) is 0. The summed E-state index contributed by atoms with van der Waals surface area (Å²) in [5.74, 6) is 0.347. The van der Waals surface area contributed by atoms with E-state index in [4.69, 9.17) is 21.1 Å². The van der Waals surface area contributed by atoms with E-state index < -0.39 is 16.1 Å². The molecule has 1 amide bonds. The van der Waals surface area contributed by atoms with Crippen molar-refractivity contribution < 1.29 is 22.7 Å². The predicted molar refractivity (Wildman–Crippen MR) is 108 cm³/mol. The van der Waals surface area contributed by atoms with Gasteiger partial charge in [0.2, 0.25) is 5.91 Å². The van der Waals surface area contributed by atoms with Crippen molar-refractivity contribution in [3.05, 3.63) is 16.5 Å². The maximum atomic E-state index is 13.0. The van der Waals surface area contributed by atoms with Gasteiger partial charge in [-0.05, 0) is 43.7 Å². The van der Waals surface area contributed by atoms with Crippen molar-refractivity contribution in [2.75, 3.05) is 46.6 Å². The number of carbonyl (C=O) groups excluding carboxylic acids is 1. The van der Waals surface area contributed by atoms with Gasteiger partial charge < -0.3 is 14.4 Å². The lowest BCUT2D eigenvalue weighted by atomic mass is 9.97. The Hall–Kier alpha value is -0.710. The van der Waals surface area contributed by atoms with Crippen LogP contribution in [0.3, 0.4) is 0 Å². The summed E-state index contributed by atoms with van der Waals surface area (Å²) in [6.45, 7) is 3.50. The van der Waals surface area contributed by atoms with Crippen molar-refractivity contribution in [2.45, 2.75) is 35.9 Å². The third-order valence-electron chi connectivity index (χ3n) is 5.31. The number of ether oxygens (including phenoxy) is 2. The van der Waals surface area contributed by atoms with Crippen molar-refractivity contribution in [3.8, 4) is 0 Å². The third-order valence-corrected chi connectivity index (χ3v) is 8.92. The molecule has 2 aliphatic heterocycles. The number of hydrogen-bond donors (Lipinski definition) is 0. The Morgan fingerprint density at radius 2 is 1.96 bits per heavy atom. The lowest BCUT2D eigenvalue weighted by Crippen LogP contribution is -2.50. The summed E-state index contributed by atoms with van der Waals surface area (Å²) in [5, 5.41) is 0. The van der Waals surface area contributed by atoms with Gasteiger partial charge in [-0.3, -0.25) is 4.79 Å². The number of piperidine rings is 1. The smallest absolute Gasteiger partial charge is 0.253 e. The molecule has 1 unspecified atom stereocenters. The maximum absolute atomic E-state index is 13.0. The molecule has 3 rings (SSSR count). The molecule has 0 N–H and O–H groups in total. The first-order chi connectivity index (χ1) is 13.4. The van der Waals surface area contributed by atoms with Crippen LogP contribution in [0.1, 0.15) is 25.7 Å². The molecule has 2 saturated heterocycles. The zero-order valence-corrected chi connectivity index (χ0v) is 18.4. The molecule has 10 heteroatoms. The molecule has 0 bridgehead atoms. The number of amides is 1. The molecular weight excluding hydrogens is 424 g/mol. The van der Waals surface area contributed by atoms with Crippen molar-refractivity contribution in [1.29, 1.82) is 0 Å². The number of rotatable bonds is 8. The number of carbonyl (C=O) groups is 1. The van der Waals surface area contributed by atoms with Crippen molar-refractivity contribution in [1.82, 2.24) is 9.21 Å². The van der Waals surface area contributed by atoms with Crippen LogP contribution in [0.4, 0.5) is 0 Å². The van der Waals surface area contributed by atoms with Gasteiger partial charge in [-0.2, -0.15) is 4.31 Å². The first-order valence-electron chi connectivity index (χ1n) is 9.56. The molecule has 0 saturated carbocycles. The Morgan fingerprint density at radius 1 is 1.21 bits per heavy atom. The highest BCUT2D eigenvalue weighted by atomic mass is 35.5. The van der Waals surface area contributed by atoms with E-state index in [2.05, 4.69) is 0 Å². The van der Waals surface area contributed by atoms with Gasteiger partial charge in [0.1, 0.15) is 10.3 Å².